The van der Waals surface area contributed by atoms with Gasteiger partial charge in [-0.3, -0.25) is 4.79 Å². The standard InChI is InChI=1S/C16H20N2O4S2/c1-11-15(24(20,21)18(2)3)9-14(23-11)16(19)17-10-12-5-7-13(22-4)8-6-12/h5-9H,10H2,1-4H3,(H,17,19). The van der Waals surface area contributed by atoms with Crippen LogP contribution in [0, 0.1) is 6.92 Å². The summed E-state index contributed by atoms with van der Waals surface area (Å²) in [7, 11) is 0.984. The SMILES string of the molecule is COc1ccc(CNC(=O)c2cc(S(=O)(=O)N(C)C)c(C)s2)cc1. The second-order valence-electron chi connectivity index (χ2n) is 5.35. The number of methoxy groups -OCH3 is 1. The number of carbonyl (C=O) groups excluding carboxylic acids is 1. The van der Waals surface area contributed by atoms with Crippen LogP contribution in [0.25, 0.3) is 0 Å². The molecular formula is C16H20N2O4S2. The zero-order valence-corrected chi connectivity index (χ0v) is 15.6. The van der Waals surface area contributed by atoms with Crippen LogP contribution in [0.4, 0.5) is 0 Å². The monoisotopic (exact) mass is 368 g/mol. The van der Waals surface area contributed by atoms with Crippen molar-refractivity contribution in [3.63, 3.8) is 0 Å². The van der Waals surface area contributed by atoms with Gasteiger partial charge >= 0.3 is 0 Å². The van der Waals surface area contributed by atoms with Crippen LogP contribution in [0.5, 0.6) is 5.75 Å². The van der Waals surface area contributed by atoms with E-state index in [2.05, 4.69) is 5.32 Å². The summed E-state index contributed by atoms with van der Waals surface area (Å²) in [5, 5.41) is 2.80. The van der Waals surface area contributed by atoms with Crippen molar-refractivity contribution < 1.29 is 17.9 Å². The Kier molecular flexibility index (Phi) is 5.63. The molecule has 0 saturated carbocycles. The molecular weight excluding hydrogens is 348 g/mol. The maximum Gasteiger partial charge on any atom is 0.261 e. The third-order valence-electron chi connectivity index (χ3n) is 3.47. The summed E-state index contributed by atoms with van der Waals surface area (Å²) in [5.74, 6) is 0.455. The molecule has 1 aromatic carbocycles. The first-order valence-corrected chi connectivity index (χ1v) is 9.45. The second kappa shape index (κ2) is 7.33. The minimum Gasteiger partial charge on any atom is -0.497 e. The molecule has 0 saturated heterocycles. The first-order chi connectivity index (χ1) is 11.3. The van der Waals surface area contributed by atoms with Gasteiger partial charge in [-0.05, 0) is 30.7 Å². The van der Waals surface area contributed by atoms with Crippen molar-refractivity contribution in [2.75, 3.05) is 21.2 Å². The lowest BCUT2D eigenvalue weighted by Gasteiger charge is -2.10. The molecule has 130 valence electrons. The van der Waals surface area contributed by atoms with Crippen molar-refractivity contribution in [2.24, 2.45) is 0 Å². The fraction of sp³-hybridized carbons (Fsp3) is 0.312. The molecule has 1 N–H and O–H groups in total. The Labute approximate surface area is 146 Å². The zero-order chi connectivity index (χ0) is 17.9. The van der Waals surface area contributed by atoms with Gasteiger partial charge in [0.15, 0.2) is 0 Å². The largest absolute Gasteiger partial charge is 0.497 e. The number of nitrogens with zero attached hydrogens (tertiary/aromatic N) is 1. The molecule has 0 spiro atoms. The Morgan fingerprint density at radius 2 is 1.88 bits per heavy atom. The Morgan fingerprint density at radius 1 is 1.25 bits per heavy atom. The number of amides is 1. The Bertz CT molecular complexity index is 824. The zero-order valence-electron chi connectivity index (χ0n) is 14.0. The van der Waals surface area contributed by atoms with Crippen molar-refractivity contribution in [3.05, 3.63) is 45.6 Å². The predicted octanol–water partition coefficient (Wildman–Crippen LogP) is 2.25. The summed E-state index contributed by atoms with van der Waals surface area (Å²) in [6.07, 6.45) is 0. The Balaban J connectivity index is 2.10. The highest BCUT2D eigenvalue weighted by Crippen LogP contribution is 2.27. The average molecular weight is 368 g/mol. The molecule has 0 aliphatic heterocycles. The summed E-state index contributed by atoms with van der Waals surface area (Å²) in [6.45, 7) is 2.05. The fourth-order valence-electron chi connectivity index (χ4n) is 2.04. The van der Waals surface area contributed by atoms with Gasteiger partial charge in [-0.15, -0.1) is 11.3 Å². The molecule has 24 heavy (non-hydrogen) atoms. The van der Waals surface area contributed by atoms with Gasteiger partial charge in [0.2, 0.25) is 10.0 Å². The van der Waals surface area contributed by atoms with Crippen LogP contribution in [0.15, 0.2) is 35.2 Å². The summed E-state index contributed by atoms with van der Waals surface area (Å²) < 4.78 is 30.7. The predicted molar refractivity (Wildman–Crippen MR) is 94.1 cm³/mol. The highest BCUT2D eigenvalue weighted by atomic mass is 32.2. The number of ether oxygens (including phenoxy) is 1. The summed E-state index contributed by atoms with van der Waals surface area (Å²) >= 11 is 1.17. The van der Waals surface area contributed by atoms with E-state index in [4.69, 9.17) is 4.74 Å². The molecule has 0 aliphatic rings. The molecule has 8 heteroatoms. The smallest absolute Gasteiger partial charge is 0.261 e. The minimum absolute atomic E-state index is 0.173. The number of nitrogens with one attached hydrogen (secondary N) is 1. The van der Waals surface area contributed by atoms with E-state index < -0.39 is 10.0 Å². The lowest BCUT2D eigenvalue weighted by molar-refractivity contribution is 0.0955. The maximum absolute atomic E-state index is 12.3. The maximum atomic E-state index is 12.3. The van der Waals surface area contributed by atoms with Gasteiger partial charge in [0.05, 0.1) is 16.9 Å². The van der Waals surface area contributed by atoms with Crippen LogP contribution in [-0.4, -0.2) is 39.8 Å². The molecule has 0 aliphatic carbocycles. The number of sulfonamides is 1. The average Bonchev–Trinajstić information content (AvgIpc) is 2.95. The van der Waals surface area contributed by atoms with Crippen molar-refractivity contribution in [1.29, 1.82) is 0 Å². The van der Waals surface area contributed by atoms with Crippen LogP contribution in [0.2, 0.25) is 0 Å². The van der Waals surface area contributed by atoms with Gasteiger partial charge < -0.3 is 10.1 Å². The van der Waals surface area contributed by atoms with Gasteiger partial charge in [-0.1, -0.05) is 12.1 Å². The van der Waals surface area contributed by atoms with Gasteiger partial charge in [-0.25, -0.2) is 12.7 Å². The summed E-state index contributed by atoms with van der Waals surface area (Å²) in [6, 6.07) is 8.79. The molecule has 0 radical (unpaired) electrons. The van der Waals surface area contributed by atoms with Crippen LogP contribution >= 0.6 is 11.3 Å². The number of rotatable bonds is 6. The van der Waals surface area contributed by atoms with E-state index in [0.29, 0.717) is 16.3 Å². The van der Waals surface area contributed by atoms with E-state index in [-0.39, 0.29) is 10.8 Å². The van der Waals surface area contributed by atoms with Crippen LogP contribution in [-0.2, 0) is 16.6 Å². The summed E-state index contributed by atoms with van der Waals surface area (Å²) in [4.78, 5) is 13.4. The fourth-order valence-corrected chi connectivity index (χ4v) is 4.41. The molecule has 0 fully saturated rings. The van der Waals surface area contributed by atoms with E-state index in [1.54, 1.807) is 14.0 Å². The molecule has 1 amide bonds. The van der Waals surface area contributed by atoms with E-state index in [0.717, 1.165) is 15.6 Å². The van der Waals surface area contributed by atoms with Crippen molar-refractivity contribution >= 4 is 27.3 Å². The normalized spacial score (nSPS) is 11.5. The number of aryl methyl sites for hydroxylation is 1. The van der Waals surface area contributed by atoms with E-state index >= 15 is 0 Å². The number of thiophene rings is 1. The van der Waals surface area contributed by atoms with E-state index in [9.17, 15) is 13.2 Å². The molecule has 2 rings (SSSR count). The Morgan fingerprint density at radius 3 is 2.42 bits per heavy atom. The van der Waals surface area contributed by atoms with Crippen molar-refractivity contribution in [3.8, 4) is 5.75 Å². The van der Waals surface area contributed by atoms with Gasteiger partial charge in [0, 0.05) is 25.5 Å². The number of carbonyl (C=O) groups is 1. The first kappa shape index (κ1) is 18.4. The van der Waals surface area contributed by atoms with Gasteiger partial charge in [0.25, 0.3) is 5.91 Å². The highest BCUT2D eigenvalue weighted by molar-refractivity contribution is 7.89. The van der Waals surface area contributed by atoms with Gasteiger partial charge in [0.1, 0.15) is 5.75 Å². The first-order valence-electron chi connectivity index (χ1n) is 7.20. The lowest BCUT2D eigenvalue weighted by atomic mass is 10.2. The quantitative estimate of drug-likeness (QED) is 0.848. The third kappa shape index (κ3) is 3.95. The van der Waals surface area contributed by atoms with Crippen LogP contribution < -0.4 is 10.1 Å². The molecule has 2 aromatic rings. The van der Waals surface area contributed by atoms with Crippen LogP contribution in [0.3, 0.4) is 0 Å². The lowest BCUT2D eigenvalue weighted by Crippen LogP contribution is -2.23. The molecule has 0 bridgehead atoms. The highest BCUT2D eigenvalue weighted by Gasteiger charge is 2.24. The van der Waals surface area contributed by atoms with E-state index in [1.807, 2.05) is 24.3 Å². The topological polar surface area (TPSA) is 75.7 Å². The molecule has 0 unspecified atom stereocenters. The summed E-state index contributed by atoms with van der Waals surface area (Å²) in [5.41, 5.74) is 0.929. The molecule has 6 nitrogen and oxygen atoms in total. The number of benzene rings is 1. The number of hydrogen-bond donors (Lipinski definition) is 1. The van der Waals surface area contributed by atoms with Crippen LogP contribution in [0.1, 0.15) is 20.1 Å². The van der Waals surface area contributed by atoms with Gasteiger partial charge in [-0.2, -0.15) is 0 Å². The van der Waals surface area contributed by atoms with E-state index in [1.165, 1.54) is 31.5 Å². The number of hydrogen-bond acceptors (Lipinski definition) is 5. The molecule has 1 aromatic heterocycles. The van der Waals surface area contributed by atoms with Crippen molar-refractivity contribution in [1.82, 2.24) is 9.62 Å². The second-order valence-corrected chi connectivity index (χ2v) is 8.73. The molecule has 0 atom stereocenters. The third-order valence-corrected chi connectivity index (χ3v) is 6.59. The Hall–Kier alpha value is -1.90. The van der Waals surface area contributed by atoms with Crippen molar-refractivity contribution in [2.45, 2.75) is 18.4 Å². The molecule has 1 heterocycles. The minimum atomic E-state index is -3.55.